The first-order valence-electron chi connectivity index (χ1n) is 10.1. The van der Waals surface area contributed by atoms with E-state index in [0.29, 0.717) is 13.2 Å². The predicted octanol–water partition coefficient (Wildman–Crippen LogP) is 3.26. The van der Waals surface area contributed by atoms with Gasteiger partial charge in [0.15, 0.2) is 11.5 Å². The van der Waals surface area contributed by atoms with Gasteiger partial charge in [0, 0.05) is 39.1 Å². The zero-order chi connectivity index (χ0) is 20.2. The Morgan fingerprint density at radius 3 is 2.48 bits per heavy atom. The highest BCUT2D eigenvalue weighted by molar-refractivity contribution is 5.77. The van der Waals surface area contributed by atoms with E-state index in [1.807, 2.05) is 35.2 Å². The summed E-state index contributed by atoms with van der Waals surface area (Å²) in [5.74, 6) is 2.90. The van der Waals surface area contributed by atoms with Crippen molar-refractivity contribution in [3.8, 4) is 17.2 Å². The van der Waals surface area contributed by atoms with Crippen LogP contribution in [0, 0.1) is 0 Å². The number of carbonyl (C=O) groups excluding carboxylic acids is 1. The molecule has 1 fully saturated rings. The van der Waals surface area contributed by atoms with Crippen molar-refractivity contribution in [3.05, 3.63) is 53.6 Å². The number of ether oxygens (including phenoxy) is 3. The third-order valence-electron chi connectivity index (χ3n) is 5.73. The van der Waals surface area contributed by atoms with Crippen LogP contribution in [0.2, 0.25) is 0 Å². The Bertz CT molecular complexity index is 844. The summed E-state index contributed by atoms with van der Waals surface area (Å²) >= 11 is 0. The molecule has 0 bridgehead atoms. The first-order valence-corrected chi connectivity index (χ1v) is 10.1. The first-order chi connectivity index (χ1) is 14.1. The minimum Gasteiger partial charge on any atom is -0.497 e. The summed E-state index contributed by atoms with van der Waals surface area (Å²) in [5.41, 5.74) is 2.38. The van der Waals surface area contributed by atoms with Crippen LogP contribution in [0.25, 0.3) is 0 Å². The van der Waals surface area contributed by atoms with Gasteiger partial charge in [-0.25, -0.2) is 0 Å². The van der Waals surface area contributed by atoms with Gasteiger partial charge in [-0.1, -0.05) is 25.1 Å². The van der Waals surface area contributed by atoms with Crippen molar-refractivity contribution in [2.24, 2.45) is 0 Å². The first kappa shape index (κ1) is 19.6. The fourth-order valence-electron chi connectivity index (χ4n) is 3.89. The summed E-state index contributed by atoms with van der Waals surface area (Å²) in [6, 6.07) is 14.1. The van der Waals surface area contributed by atoms with Crippen molar-refractivity contribution in [2.45, 2.75) is 25.8 Å². The lowest BCUT2D eigenvalue weighted by molar-refractivity contribution is -0.133. The van der Waals surface area contributed by atoms with E-state index in [9.17, 15) is 4.79 Å². The number of nitrogens with zero attached hydrogens (tertiary/aromatic N) is 2. The lowest BCUT2D eigenvalue weighted by Crippen LogP contribution is -2.48. The molecule has 2 aromatic carbocycles. The van der Waals surface area contributed by atoms with Gasteiger partial charge in [0.1, 0.15) is 5.75 Å². The molecule has 4 rings (SSSR count). The van der Waals surface area contributed by atoms with Crippen molar-refractivity contribution < 1.29 is 19.0 Å². The SMILES string of the molecule is COc1ccc(C(C)CC(=O)N2CCN(Cc3ccc4c(c3)OCO4)CC2)cc1. The quantitative estimate of drug-likeness (QED) is 0.750. The molecule has 1 unspecified atom stereocenters. The van der Waals surface area contributed by atoms with Gasteiger partial charge in [-0.2, -0.15) is 0 Å². The van der Waals surface area contributed by atoms with Gasteiger partial charge in [-0.05, 0) is 41.3 Å². The van der Waals surface area contributed by atoms with E-state index in [2.05, 4.69) is 24.0 Å². The molecule has 0 saturated carbocycles. The molecule has 2 aliphatic heterocycles. The van der Waals surface area contributed by atoms with Crippen LogP contribution in [-0.2, 0) is 11.3 Å². The lowest BCUT2D eigenvalue weighted by Gasteiger charge is -2.35. The van der Waals surface area contributed by atoms with E-state index in [0.717, 1.165) is 50.0 Å². The van der Waals surface area contributed by atoms with E-state index >= 15 is 0 Å². The number of fused-ring (bicyclic) bond motifs is 1. The zero-order valence-electron chi connectivity index (χ0n) is 17.1. The van der Waals surface area contributed by atoms with E-state index in [1.54, 1.807) is 7.11 Å². The number of carbonyl (C=O) groups is 1. The molecule has 6 heteroatoms. The third kappa shape index (κ3) is 4.65. The Balaban J connectivity index is 1.25. The third-order valence-corrected chi connectivity index (χ3v) is 5.73. The molecule has 0 radical (unpaired) electrons. The van der Waals surface area contributed by atoms with Crippen LogP contribution < -0.4 is 14.2 Å². The second kappa shape index (κ2) is 8.74. The van der Waals surface area contributed by atoms with Crippen LogP contribution in [0.1, 0.15) is 30.4 Å². The van der Waals surface area contributed by atoms with Gasteiger partial charge in [0.05, 0.1) is 7.11 Å². The number of methoxy groups -OCH3 is 1. The minimum atomic E-state index is 0.195. The molecule has 2 heterocycles. The van der Waals surface area contributed by atoms with E-state index in [1.165, 1.54) is 11.1 Å². The molecule has 0 aliphatic carbocycles. The fraction of sp³-hybridized carbons (Fsp3) is 0.435. The summed E-state index contributed by atoms with van der Waals surface area (Å²) in [6.45, 7) is 6.59. The lowest BCUT2D eigenvalue weighted by atomic mass is 9.97. The molecule has 1 amide bonds. The summed E-state index contributed by atoms with van der Waals surface area (Å²) in [4.78, 5) is 17.1. The predicted molar refractivity (Wildman–Crippen MR) is 110 cm³/mol. The normalized spacial score (nSPS) is 17.2. The van der Waals surface area contributed by atoms with Gasteiger partial charge in [0.25, 0.3) is 0 Å². The Morgan fingerprint density at radius 1 is 1.03 bits per heavy atom. The molecule has 1 saturated heterocycles. The maximum Gasteiger partial charge on any atom is 0.231 e. The maximum atomic E-state index is 12.8. The maximum absolute atomic E-state index is 12.8. The summed E-state index contributed by atoms with van der Waals surface area (Å²) < 4.78 is 16.0. The average molecular weight is 396 g/mol. The number of hydrogen-bond donors (Lipinski definition) is 0. The molecule has 0 N–H and O–H groups in total. The molecule has 2 aliphatic rings. The molecule has 1 atom stereocenters. The van der Waals surface area contributed by atoms with Gasteiger partial charge >= 0.3 is 0 Å². The Kier molecular flexibility index (Phi) is 5.90. The van der Waals surface area contributed by atoms with Crippen LogP contribution >= 0.6 is 0 Å². The van der Waals surface area contributed by atoms with Gasteiger partial charge < -0.3 is 19.1 Å². The smallest absolute Gasteiger partial charge is 0.231 e. The molecular formula is C23H28N2O4. The largest absolute Gasteiger partial charge is 0.497 e. The molecule has 2 aromatic rings. The van der Waals surface area contributed by atoms with Gasteiger partial charge in [0.2, 0.25) is 12.7 Å². The minimum absolute atomic E-state index is 0.195. The van der Waals surface area contributed by atoms with Crippen molar-refractivity contribution in [1.82, 2.24) is 9.80 Å². The molecular weight excluding hydrogens is 368 g/mol. The van der Waals surface area contributed by atoms with Crippen molar-refractivity contribution in [2.75, 3.05) is 40.1 Å². The van der Waals surface area contributed by atoms with Crippen LogP contribution in [0.3, 0.4) is 0 Å². The van der Waals surface area contributed by atoms with Crippen molar-refractivity contribution >= 4 is 5.91 Å². The number of amides is 1. The molecule has 154 valence electrons. The van der Waals surface area contributed by atoms with Crippen molar-refractivity contribution in [1.29, 1.82) is 0 Å². The van der Waals surface area contributed by atoms with E-state index in [-0.39, 0.29) is 11.8 Å². The standard InChI is InChI=1S/C23H28N2O4/c1-17(19-4-6-20(27-2)7-5-19)13-23(26)25-11-9-24(10-12-25)15-18-3-8-21-22(14-18)29-16-28-21/h3-8,14,17H,9-13,15-16H2,1-2H3. The fourth-order valence-corrected chi connectivity index (χ4v) is 3.89. The second-order valence-corrected chi connectivity index (χ2v) is 7.72. The monoisotopic (exact) mass is 396 g/mol. The summed E-state index contributed by atoms with van der Waals surface area (Å²) in [6.07, 6.45) is 0.536. The molecule has 0 spiro atoms. The van der Waals surface area contributed by atoms with Crippen LogP contribution in [0.5, 0.6) is 17.2 Å². The number of benzene rings is 2. The zero-order valence-corrected chi connectivity index (χ0v) is 17.1. The highest BCUT2D eigenvalue weighted by Crippen LogP contribution is 2.33. The average Bonchev–Trinajstić information content (AvgIpc) is 3.22. The molecule has 0 aromatic heterocycles. The number of piperazine rings is 1. The summed E-state index contributed by atoms with van der Waals surface area (Å²) in [7, 11) is 1.66. The van der Waals surface area contributed by atoms with E-state index < -0.39 is 0 Å². The van der Waals surface area contributed by atoms with Crippen LogP contribution in [0.15, 0.2) is 42.5 Å². The van der Waals surface area contributed by atoms with Crippen molar-refractivity contribution in [3.63, 3.8) is 0 Å². The van der Waals surface area contributed by atoms with Gasteiger partial charge in [-0.15, -0.1) is 0 Å². The number of rotatable bonds is 6. The number of hydrogen-bond acceptors (Lipinski definition) is 5. The highest BCUT2D eigenvalue weighted by Gasteiger charge is 2.23. The van der Waals surface area contributed by atoms with Gasteiger partial charge in [-0.3, -0.25) is 9.69 Å². The Labute approximate surface area is 172 Å². The van der Waals surface area contributed by atoms with Crippen LogP contribution in [-0.4, -0.2) is 55.8 Å². The Morgan fingerprint density at radius 2 is 1.76 bits per heavy atom. The molecule has 29 heavy (non-hydrogen) atoms. The molecule has 6 nitrogen and oxygen atoms in total. The topological polar surface area (TPSA) is 51.2 Å². The summed E-state index contributed by atoms with van der Waals surface area (Å²) in [5, 5.41) is 0. The second-order valence-electron chi connectivity index (χ2n) is 7.72. The Hall–Kier alpha value is -2.73. The van der Waals surface area contributed by atoms with E-state index in [4.69, 9.17) is 14.2 Å². The highest BCUT2D eigenvalue weighted by atomic mass is 16.7. The van der Waals surface area contributed by atoms with Crippen LogP contribution in [0.4, 0.5) is 0 Å².